The van der Waals surface area contributed by atoms with E-state index in [0.717, 1.165) is 35.4 Å². The predicted octanol–water partition coefficient (Wildman–Crippen LogP) is 2.27. The molecule has 1 fully saturated rings. The molecule has 0 atom stereocenters. The van der Waals surface area contributed by atoms with Crippen molar-refractivity contribution in [2.24, 2.45) is 0 Å². The van der Waals surface area contributed by atoms with Crippen molar-refractivity contribution < 1.29 is 4.74 Å². The molecule has 0 amide bonds. The van der Waals surface area contributed by atoms with Crippen molar-refractivity contribution in [2.45, 2.75) is 19.4 Å². The van der Waals surface area contributed by atoms with E-state index in [0.29, 0.717) is 6.61 Å². The molecule has 4 nitrogen and oxygen atoms in total. The van der Waals surface area contributed by atoms with Crippen LogP contribution in [-0.4, -0.2) is 25.2 Å². The molecule has 1 aromatic carbocycles. The molecule has 0 saturated carbocycles. The van der Waals surface area contributed by atoms with Gasteiger partial charge in [0.1, 0.15) is 0 Å². The van der Waals surface area contributed by atoms with Crippen molar-refractivity contribution in [3.63, 3.8) is 0 Å². The number of rotatable bonds is 3. The highest BCUT2D eigenvalue weighted by Gasteiger charge is 2.13. The Morgan fingerprint density at radius 2 is 2.05 bits per heavy atom. The number of H-pyrrole nitrogens is 1. The predicted molar refractivity (Wildman–Crippen MR) is 76.7 cm³/mol. The number of methoxy groups -OCH3 is 1. The molecular weight excluding hydrogens is 240 g/mol. The highest BCUT2D eigenvalue weighted by atomic mass is 16.5. The van der Waals surface area contributed by atoms with Gasteiger partial charge in [-0.15, -0.1) is 0 Å². The third kappa shape index (κ3) is 2.36. The fourth-order valence-electron chi connectivity index (χ4n) is 2.70. The number of aromatic nitrogens is 1. The molecule has 0 bridgehead atoms. The maximum Gasteiger partial charge on any atom is 0.189 e. The number of benzene rings is 1. The van der Waals surface area contributed by atoms with E-state index in [4.69, 9.17) is 4.74 Å². The van der Waals surface area contributed by atoms with Crippen LogP contribution < -0.4 is 10.3 Å². The molecule has 0 radical (unpaired) electrons. The molecule has 4 heteroatoms. The highest BCUT2D eigenvalue weighted by molar-refractivity contribution is 5.82. The summed E-state index contributed by atoms with van der Waals surface area (Å²) in [4.78, 5) is 17.7. The highest BCUT2D eigenvalue weighted by Crippen LogP contribution is 2.23. The van der Waals surface area contributed by atoms with Gasteiger partial charge in [0.25, 0.3) is 0 Å². The van der Waals surface area contributed by atoms with E-state index < -0.39 is 0 Å². The van der Waals surface area contributed by atoms with Crippen LogP contribution in [0.25, 0.3) is 10.9 Å². The number of fused-ring (bicyclic) bond motifs is 1. The third-order valence-electron chi connectivity index (χ3n) is 3.64. The van der Waals surface area contributed by atoms with Crippen molar-refractivity contribution in [1.82, 2.24) is 4.98 Å². The standard InChI is InChI=1S/C15H18N2O2/c1-19-10-11-8-15(18)13-9-12(4-5-14(13)16-11)17-6-2-3-7-17/h4-5,8-9H,2-3,6-7,10H2,1H3,(H,16,18). The first kappa shape index (κ1) is 12.2. The number of anilines is 1. The second kappa shape index (κ2) is 5.05. The number of nitrogens with zero attached hydrogens (tertiary/aromatic N) is 1. The molecule has 1 aliphatic rings. The Bertz CT molecular complexity index is 642. The van der Waals surface area contributed by atoms with Crippen LogP contribution in [-0.2, 0) is 11.3 Å². The second-order valence-corrected chi connectivity index (χ2v) is 5.02. The molecule has 0 unspecified atom stereocenters. The number of hydrogen-bond acceptors (Lipinski definition) is 3. The van der Waals surface area contributed by atoms with Crippen molar-refractivity contribution >= 4 is 16.6 Å². The van der Waals surface area contributed by atoms with Gasteiger partial charge >= 0.3 is 0 Å². The lowest BCUT2D eigenvalue weighted by Gasteiger charge is -2.18. The van der Waals surface area contributed by atoms with Crippen LogP contribution >= 0.6 is 0 Å². The summed E-state index contributed by atoms with van der Waals surface area (Å²) in [6.45, 7) is 2.61. The van der Waals surface area contributed by atoms with Gasteiger partial charge in [-0.05, 0) is 31.0 Å². The Morgan fingerprint density at radius 1 is 1.26 bits per heavy atom. The van der Waals surface area contributed by atoms with Gasteiger partial charge in [0.2, 0.25) is 0 Å². The third-order valence-corrected chi connectivity index (χ3v) is 3.64. The van der Waals surface area contributed by atoms with E-state index in [9.17, 15) is 4.79 Å². The SMILES string of the molecule is COCc1cc(=O)c2cc(N3CCCC3)ccc2[nH]1. The van der Waals surface area contributed by atoms with E-state index in [2.05, 4.69) is 16.0 Å². The Hall–Kier alpha value is -1.81. The van der Waals surface area contributed by atoms with Crippen LogP contribution in [0.15, 0.2) is 29.1 Å². The topological polar surface area (TPSA) is 45.3 Å². The monoisotopic (exact) mass is 258 g/mol. The molecule has 3 rings (SSSR count). The van der Waals surface area contributed by atoms with Crippen LogP contribution in [0.5, 0.6) is 0 Å². The lowest BCUT2D eigenvalue weighted by Crippen LogP contribution is -2.18. The van der Waals surface area contributed by atoms with Gasteiger partial charge in [0.15, 0.2) is 5.43 Å². The van der Waals surface area contributed by atoms with E-state index in [1.165, 1.54) is 12.8 Å². The van der Waals surface area contributed by atoms with Gasteiger partial charge in [0, 0.05) is 48.5 Å². The lowest BCUT2D eigenvalue weighted by atomic mass is 10.1. The zero-order chi connectivity index (χ0) is 13.2. The van der Waals surface area contributed by atoms with Crippen molar-refractivity contribution in [3.05, 3.63) is 40.2 Å². The molecule has 1 saturated heterocycles. The van der Waals surface area contributed by atoms with Gasteiger partial charge in [-0.25, -0.2) is 0 Å². The number of pyridine rings is 1. The minimum atomic E-state index is 0.0573. The molecule has 1 N–H and O–H groups in total. The number of ether oxygens (including phenoxy) is 1. The number of nitrogens with one attached hydrogen (secondary N) is 1. The van der Waals surface area contributed by atoms with Gasteiger partial charge in [-0.1, -0.05) is 0 Å². The molecule has 1 aromatic heterocycles. The molecule has 2 heterocycles. The molecule has 1 aliphatic heterocycles. The summed E-state index contributed by atoms with van der Waals surface area (Å²) in [7, 11) is 1.62. The van der Waals surface area contributed by atoms with Gasteiger partial charge in [-0.2, -0.15) is 0 Å². The fraction of sp³-hybridized carbons (Fsp3) is 0.400. The number of aromatic amines is 1. The van der Waals surface area contributed by atoms with E-state index in [-0.39, 0.29) is 5.43 Å². The maximum absolute atomic E-state index is 12.1. The van der Waals surface area contributed by atoms with Crippen molar-refractivity contribution in [1.29, 1.82) is 0 Å². The average molecular weight is 258 g/mol. The van der Waals surface area contributed by atoms with Gasteiger partial charge < -0.3 is 14.6 Å². The molecule has 2 aromatic rings. The van der Waals surface area contributed by atoms with E-state index in [1.54, 1.807) is 13.2 Å². The normalized spacial score (nSPS) is 15.3. The van der Waals surface area contributed by atoms with Crippen molar-refractivity contribution in [3.8, 4) is 0 Å². The molecule has 0 aliphatic carbocycles. The fourth-order valence-corrected chi connectivity index (χ4v) is 2.70. The first-order valence-corrected chi connectivity index (χ1v) is 6.68. The maximum atomic E-state index is 12.1. The Morgan fingerprint density at radius 3 is 2.79 bits per heavy atom. The zero-order valence-electron chi connectivity index (χ0n) is 11.1. The summed E-state index contributed by atoms with van der Waals surface area (Å²) in [6, 6.07) is 7.69. The Labute approximate surface area is 112 Å². The van der Waals surface area contributed by atoms with Crippen LogP contribution in [0.3, 0.4) is 0 Å². The number of hydrogen-bond donors (Lipinski definition) is 1. The summed E-state index contributed by atoms with van der Waals surface area (Å²) in [6.07, 6.45) is 2.47. The summed E-state index contributed by atoms with van der Waals surface area (Å²) >= 11 is 0. The Balaban J connectivity index is 2.05. The van der Waals surface area contributed by atoms with Gasteiger partial charge in [0.05, 0.1) is 6.61 Å². The molecule has 100 valence electrons. The summed E-state index contributed by atoms with van der Waals surface area (Å²) in [5.74, 6) is 0. The van der Waals surface area contributed by atoms with Crippen LogP contribution in [0.4, 0.5) is 5.69 Å². The molecular formula is C15H18N2O2. The smallest absolute Gasteiger partial charge is 0.189 e. The average Bonchev–Trinajstić information content (AvgIpc) is 2.93. The van der Waals surface area contributed by atoms with E-state index >= 15 is 0 Å². The quantitative estimate of drug-likeness (QED) is 0.918. The largest absolute Gasteiger partial charge is 0.378 e. The van der Waals surface area contributed by atoms with E-state index in [1.807, 2.05) is 12.1 Å². The minimum Gasteiger partial charge on any atom is -0.378 e. The molecule has 0 spiro atoms. The zero-order valence-corrected chi connectivity index (χ0v) is 11.1. The van der Waals surface area contributed by atoms with Crippen LogP contribution in [0.1, 0.15) is 18.5 Å². The van der Waals surface area contributed by atoms with Crippen LogP contribution in [0, 0.1) is 0 Å². The lowest BCUT2D eigenvalue weighted by molar-refractivity contribution is 0.181. The van der Waals surface area contributed by atoms with Crippen LogP contribution in [0.2, 0.25) is 0 Å². The second-order valence-electron chi connectivity index (χ2n) is 5.02. The first-order chi connectivity index (χ1) is 9.28. The summed E-state index contributed by atoms with van der Waals surface area (Å²) in [5, 5.41) is 0.754. The molecule has 19 heavy (non-hydrogen) atoms. The van der Waals surface area contributed by atoms with Crippen molar-refractivity contribution in [2.75, 3.05) is 25.1 Å². The minimum absolute atomic E-state index is 0.0573. The summed E-state index contributed by atoms with van der Waals surface area (Å²) in [5.41, 5.74) is 2.90. The Kier molecular flexibility index (Phi) is 3.25. The summed E-state index contributed by atoms with van der Waals surface area (Å²) < 4.78 is 5.06. The van der Waals surface area contributed by atoms with Gasteiger partial charge in [-0.3, -0.25) is 4.79 Å². The first-order valence-electron chi connectivity index (χ1n) is 6.68.